The Morgan fingerprint density at radius 3 is 2.00 bits per heavy atom. The number of hydrogen-bond donors (Lipinski definition) is 0. The molecule has 0 radical (unpaired) electrons. The quantitative estimate of drug-likeness (QED) is 0.772. The van der Waals surface area contributed by atoms with Crippen LogP contribution in [0.5, 0.6) is 0 Å². The average Bonchev–Trinajstić information content (AvgIpc) is 2.83. The van der Waals surface area contributed by atoms with Gasteiger partial charge in [0.1, 0.15) is 0 Å². The summed E-state index contributed by atoms with van der Waals surface area (Å²) >= 11 is 0. The second-order valence-electron chi connectivity index (χ2n) is 8.28. The average molecular weight is 357 g/mol. The lowest BCUT2D eigenvalue weighted by molar-refractivity contribution is -0.133. The lowest BCUT2D eigenvalue weighted by Gasteiger charge is -2.38. The Labute approximate surface area is 154 Å². The van der Waals surface area contributed by atoms with Crippen LogP contribution in [-0.4, -0.2) is 71.7 Å². The molecule has 0 unspecified atom stereocenters. The largest absolute Gasteiger partial charge is 0.340 e. The van der Waals surface area contributed by atoms with Crippen LogP contribution >= 0.6 is 0 Å². The summed E-state index contributed by atoms with van der Waals surface area (Å²) in [6.07, 6.45) is 0.185. The third-order valence-electron chi connectivity index (χ3n) is 4.85. The minimum Gasteiger partial charge on any atom is -0.340 e. The van der Waals surface area contributed by atoms with E-state index in [2.05, 4.69) is 25.7 Å². The van der Waals surface area contributed by atoms with E-state index in [1.807, 2.05) is 4.90 Å². The summed E-state index contributed by atoms with van der Waals surface area (Å²) in [5.41, 5.74) is 1.11. The van der Waals surface area contributed by atoms with Gasteiger partial charge in [0.25, 0.3) is 11.8 Å². The molecule has 140 valence electrons. The van der Waals surface area contributed by atoms with Gasteiger partial charge in [-0.1, -0.05) is 32.9 Å². The lowest BCUT2D eigenvalue weighted by atomic mass is 9.96. The normalized spacial score (nSPS) is 18.4. The van der Waals surface area contributed by atoms with Gasteiger partial charge in [0.05, 0.1) is 11.1 Å². The van der Waals surface area contributed by atoms with Gasteiger partial charge in [-0.15, -0.1) is 0 Å². The van der Waals surface area contributed by atoms with Gasteiger partial charge < -0.3 is 4.90 Å². The number of carbonyl (C=O) groups excluding carboxylic acids is 3. The first-order valence-corrected chi connectivity index (χ1v) is 9.22. The number of hydrogen-bond acceptors (Lipinski definition) is 4. The van der Waals surface area contributed by atoms with Crippen LogP contribution in [0.15, 0.2) is 24.3 Å². The summed E-state index contributed by atoms with van der Waals surface area (Å²) in [6, 6.07) is 6.81. The molecule has 0 saturated carbocycles. The van der Waals surface area contributed by atoms with Crippen molar-refractivity contribution in [3.05, 3.63) is 35.4 Å². The SMILES string of the molecule is CC(C)(C)CN1CCN(C(=O)CCN2C(=O)c3ccccc3C2=O)CC1. The summed E-state index contributed by atoms with van der Waals surface area (Å²) in [6.45, 7) is 11.0. The van der Waals surface area contributed by atoms with E-state index in [0.29, 0.717) is 24.2 Å². The Hall–Kier alpha value is -2.21. The standard InChI is InChI=1S/C20H27N3O3/c1-20(2,3)14-21-10-12-22(13-11-21)17(24)8-9-23-18(25)15-6-4-5-7-16(15)19(23)26/h4-7H,8-14H2,1-3H3. The van der Waals surface area contributed by atoms with Crippen LogP contribution < -0.4 is 0 Å². The van der Waals surface area contributed by atoms with E-state index < -0.39 is 0 Å². The minimum atomic E-state index is -0.298. The second-order valence-corrected chi connectivity index (χ2v) is 8.28. The first-order valence-electron chi connectivity index (χ1n) is 9.22. The molecule has 0 bridgehead atoms. The molecule has 1 aromatic rings. The Bertz CT molecular complexity index is 680. The fraction of sp³-hybridized carbons (Fsp3) is 0.550. The molecule has 26 heavy (non-hydrogen) atoms. The van der Waals surface area contributed by atoms with Gasteiger partial charge in [-0.3, -0.25) is 24.2 Å². The van der Waals surface area contributed by atoms with Crippen LogP contribution in [0.3, 0.4) is 0 Å². The smallest absolute Gasteiger partial charge is 0.261 e. The van der Waals surface area contributed by atoms with Crippen molar-refractivity contribution in [2.75, 3.05) is 39.3 Å². The molecule has 2 heterocycles. The number of benzene rings is 1. The van der Waals surface area contributed by atoms with E-state index >= 15 is 0 Å². The monoisotopic (exact) mass is 357 g/mol. The van der Waals surface area contributed by atoms with E-state index in [-0.39, 0.29) is 36.1 Å². The first kappa shape index (κ1) is 18.6. The van der Waals surface area contributed by atoms with E-state index in [1.165, 1.54) is 4.90 Å². The second kappa shape index (κ2) is 7.19. The zero-order valence-corrected chi connectivity index (χ0v) is 15.8. The zero-order valence-electron chi connectivity index (χ0n) is 15.8. The molecule has 1 fully saturated rings. The number of fused-ring (bicyclic) bond motifs is 1. The predicted octanol–water partition coefficient (Wildman–Crippen LogP) is 1.86. The maximum absolute atomic E-state index is 12.5. The third kappa shape index (κ3) is 3.96. The van der Waals surface area contributed by atoms with Crippen LogP contribution in [0.25, 0.3) is 0 Å². The Kier molecular flexibility index (Phi) is 5.14. The first-order chi connectivity index (χ1) is 12.3. The van der Waals surface area contributed by atoms with Crippen molar-refractivity contribution in [1.82, 2.24) is 14.7 Å². The predicted molar refractivity (Wildman–Crippen MR) is 98.9 cm³/mol. The molecule has 0 aromatic heterocycles. The Balaban J connectivity index is 1.50. The summed E-state index contributed by atoms with van der Waals surface area (Å²) in [5, 5.41) is 0. The molecule has 6 heteroatoms. The Morgan fingerprint density at radius 2 is 1.50 bits per heavy atom. The summed E-state index contributed by atoms with van der Waals surface area (Å²) in [4.78, 5) is 42.6. The van der Waals surface area contributed by atoms with E-state index in [9.17, 15) is 14.4 Å². The summed E-state index contributed by atoms with van der Waals surface area (Å²) in [7, 11) is 0. The van der Waals surface area contributed by atoms with Crippen LogP contribution in [0.2, 0.25) is 0 Å². The number of carbonyl (C=O) groups is 3. The summed E-state index contributed by atoms with van der Waals surface area (Å²) < 4.78 is 0. The van der Waals surface area contributed by atoms with Gasteiger partial charge in [-0.05, 0) is 17.5 Å². The maximum Gasteiger partial charge on any atom is 0.261 e. The van der Waals surface area contributed by atoms with Gasteiger partial charge in [0, 0.05) is 45.7 Å². The van der Waals surface area contributed by atoms with E-state index in [4.69, 9.17) is 0 Å². The van der Waals surface area contributed by atoms with Crippen LogP contribution in [-0.2, 0) is 4.79 Å². The topological polar surface area (TPSA) is 60.9 Å². The van der Waals surface area contributed by atoms with Crippen molar-refractivity contribution >= 4 is 17.7 Å². The molecule has 0 atom stereocenters. The van der Waals surface area contributed by atoms with E-state index in [1.54, 1.807) is 24.3 Å². The van der Waals surface area contributed by atoms with Gasteiger partial charge in [-0.2, -0.15) is 0 Å². The van der Waals surface area contributed by atoms with Gasteiger partial charge in [0.2, 0.25) is 5.91 Å². The van der Waals surface area contributed by atoms with Crippen LogP contribution in [0.1, 0.15) is 47.9 Å². The lowest BCUT2D eigenvalue weighted by Crippen LogP contribution is -2.51. The maximum atomic E-state index is 12.5. The molecular formula is C20H27N3O3. The van der Waals surface area contributed by atoms with Gasteiger partial charge >= 0.3 is 0 Å². The van der Waals surface area contributed by atoms with Crippen LogP contribution in [0.4, 0.5) is 0 Å². The fourth-order valence-electron chi connectivity index (χ4n) is 3.63. The highest BCUT2D eigenvalue weighted by molar-refractivity contribution is 6.21. The molecule has 2 aliphatic rings. The van der Waals surface area contributed by atoms with Crippen molar-refractivity contribution < 1.29 is 14.4 Å². The Morgan fingerprint density at radius 1 is 0.962 bits per heavy atom. The van der Waals surface area contributed by atoms with Crippen molar-refractivity contribution in [1.29, 1.82) is 0 Å². The number of imide groups is 1. The number of nitrogens with zero attached hydrogens (tertiary/aromatic N) is 3. The highest BCUT2D eigenvalue weighted by Crippen LogP contribution is 2.22. The molecule has 1 aromatic carbocycles. The van der Waals surface area contributed by atoms with Crippen molar-refractivity contribution in [2.45, 2.75) is 27.2 Å². The summed E-state index contributed by atoms with van der Waals surface area (Å²) in [5.74, 6) is -0.584. The number of amides is 3. The highest BCUT2D eigenvalue weighted by Gasteiger charge is 2.35. The van der Waals surface area contributed by atoms with Crippen LogP contribution in [0, 0.1) is 5.41 Å². The molecular weight excluding hydrogens is 330 g/mol. The molecule has 0 N–H and O–H groups in total. The third-order valence-corrected chi connectivity index (χ3v) is 4.85. The van der Waals surface area contributed by atoms with Crippen molar-refractivity contribution in [3.8, 4) is 0 Å². The molecule has 1 saturated heterocycles. The zero-order chi connectivity index (χ0) is 18.9. The van der Waals surface area contributed by atoms with Gasteiger partial charge in [0.15, 0.2) is 0 Å². The molecule has 3 rings (SSSR count). The number of piperazine rings is 1. The molecule has 0 aliphatic carbocycles. The number of rotatable bonds is 4. The highest BCUT2D eigenvalue weighted by atomic mass is 16.2. The molecule has 0 spiro atoms. The molecule has 6 nitrogen and oxygen atoms in total. The molecule has 2 aliphatic heterocycles. The van der Waals surface area contributed by atoms with Crippen molar-refractivity contribution in [2.24, 2.45) is 5.41 Å². The van der Waals surface area contributed by atoms with Crippen molar-refractivity contribution in [3.63, 3.8) is 0 Å². The van der Waals surface area contributed by atoms with Gasteiger partial charge in [-0.25, -0.2) is 0 Å². The molecule has 3 amide bonds. The minimum absolute atomic E-state index is 0.0111. The fourth-order valence-corrected chi connectivity index (χ4v) is 3.63. The van der Waals surface area contributed by atoms with E-state index in [0.717, 1.165) is 19.6 Å².